The van der Waals surface area contributed by atoms with Crippen molar-refractivity contribution < 1.29 is 9.90 Å². The van der Waals surface area contributed by atoms with E-state index in [2.05, 4.69) is 11.7 Å². The quantitative estimate of drug-likeness (QED) is 0.389. The van der Waals surface area contributed by atoms with Crippen molar-refractivity contribution >= 4 is 28.2 Å². The Morgan fingerprint density at radius 3 is 2.00 bits per heavy atom. The van der Waals surface area contributed by atoms with Gasteiger partial charge in [0.15, 0.2) is 0 Å². The Morgan fingerprint density at radius 2 is 1.50 bits per heavy atom. The van der Waals surface area contributed by atoms with Gasteiger partial charge < -0.3 is 5.11 Å². The van der Waals surface area contributed by atoms with Crippen molar-refractivity contribution in [3.05, 3.63) is 71.8 Å². The molecule has 1 unspecified atom stereocenters. The number of rotatable bonds is 4. The van der Waals surface area contributed by atoms with Crippen molar-refractivity contribution in [1.29, 1.82) is 0 Å². The summed E-state index contributed by atoms with van der Waals surface area (Å²) < 4.78 is 0. The number of carbonyl (C=O) groups is 1. The number of aliphatic hydroxyl groups is 1. The standard InChI is InChI=1S/C14H12O2S2/c15-13(11-7-3-1-4-8-11)14(16,18-17)12-9-5-2-6-10-12/h1-10,16-17H. The molecule has 0 amide bonds. The van der Waals surface area contributed by atoms with Gasteiger partial charge in [0.25, 0.3) is 0 Å². The second kappa shape index (κ2) is 5.61. The van der Waals surface area contributed by atoms with Gasteiger partial charge in [-0.25, -0.2) is 0 Å². The van der Waals surface area contributed by atoms with Crippen LogP contribution in [0.15, 0.2) is 60.7 Å². The van der Waals surface area contributed by atoms with E-state index in [9.17, 15) is 9.90 Å². The van der Waals surface area contributed by atoms with Gasteiger partial charge in [0.05, 0.1) is 0 Å². The van der Waals surface area contributed by atoms with E-state index in [1.54, 1.807) is 48.5 Å². The smallest absolute Gasteiger partial charge is 0.210 e. The summed E-state index contributed by atoms with van der Waals surface area (Å²) >= 11 is 4.05. The molecule has 0 saturated heterocycles. The summed E-state index contributed by atoms with van der Waals surface area (Å²) in [5.74, 6) is -0.366. The van der Waals surface area contributed by atoms with E-state index in [0.717, 1.165) is 10.8 Å². The highest BCUT2D eigenvalue weighted by Crippen LogP contribution is 2.39. The largest absolute Gasteiger partial charge is 0.368 e. The molecule has 0 aliphatic heterocycles. The molecule has 4 heteroatoms. The molecule has 2 aromatic carbocycles. The lowest BCUT2D eigenvalue weighted by Crippen LogP contribution is -2.31. The maximum Gasteiger partial charge on any atom is 0.210 e. The van der Waals surface area contributed by atoms with E-state index in [4.69, 9.17) is 0 Å². The number of carbonyl (C=O) groups excluding carboxylic acids is 1. The van der Waals surface area contributed by atoms with Crippen molar-refractivity contribution in [2.45, 2.75) is 4.93 Å². The van der Waals surface area contributed by atoms with E-state index in [0.29, 0.717) is 11.1 Å². The van der Waals surface area contributed by atoms with Crippen LogP contribution in [0.2, 0.25) is 0 Å². The van der Waals surface area contributed by atoms with Gasteiger partial charge in [0.1, 0.15) is 0 Å². The fourth-order valence-electron chi connectivity index (χ4n) is 1.67. The second-order valence-electron chi connectivity index (χ2n) is 3.80. The van der Waals surface area contributed by atoms with Gasteiger partial charge in [-0.15, -0.1) is 11.7 Å². The number of benzene rings is 2. The first-order chi connectivity index (χ1) is 8.68. The van der Waals surface area contributed by atoms with Crippen molar-refractivity contribution in [2.75, 3.05) is 0 Å². The summed E-state index contributed by atoms with van der Waals surface area (Å²) in [7, 11) is 0.829. The third-order valence-electron chi connectivity index (χ3n) is 2.64. The lowest BCUT2D eigenvalue weighted by atomic mass is 9.99. The van der Waals surface area contributed by atoms with Crippen molar-refractivity contribution in [1.82, 2.24) is 0 Å². The molecule has 0 radical (unpaired) electrons. The number of hydrogen-bond acceptors (Lipinski definition) is 4. The van der Waals surface area contributed by atoms with Gasteiger partial charge in [-0.3, -0.25) is 4.79 Å². The SMILES string of the molecule is O=C(c1ccccc1)C(O)(SS)c1ccccc1. The minimum Gasteiger partial charge on any atom is -0.368 e. The summed E-state index contributed by atoms with van der Waals surface area (Å²) in [4.78, 5) is 10.7. The first-order valence-electron chi connectivity index (χ1n) is 5.39. The zero-order valence-electron chi connectivity index (χ0n) is 9.48. The third kappa shape index (κ3) is 2.46. The third-order valence-corrected chi connectivity index (χ3v) is 4.12. The van der Waals surface area contributed by atoms with Crippen LogP contribution in [0.4, 0.5) is 0 Å². The predicted molar refractivity (Wildman–Crippen MR) is 77.7 cm³/mol. The predicted octanol–water partition coefficient (Wildman–Crippen LogP) is 3.29. The van der Waals surface area contributed by atoms with Crippen LogP contribution in [0.25, 0.3) is 0 Å². The summed E-state index contributed by atoms with van der Waals surface area (Å²) in [6, 6.07) is 17.5. The molecule has 2 aromatic rings. The Balaban J connectivity index is 2.43. The normalized spacial score (nSPS) is 13.9. The van der Waals surface area contributed by atoms with E-state index >= 15 is 0 Å². The fourth-order valence-corrected chi connectivity index (χ4v) is 2.68. The van der Waals surface area contributed by atoms with E-state index in [1.165, 1.54) is 0 Å². The van der Waals surface area contributed by atoms with Crippen LogP contribution in [0, 0.1) is 0 Å². The van der Waals surface area contributed by atoms with E-state index < -0.39 is 4.93 Å². The summed E-state index contributed by atoms with van der Waals surface area (Å²) in [6.45, 7) is 0. The highest BCUT2D eigenvalue weighted by molar-refractivity contribution is 8.69. The summed E-state index contributed by atoms with van der Waals surface area (Å²) in [5.41, 5.74) is 0.990. The monoisotopic (exact) mass is 276 g/mol. The maximum absolute atomic E-state index is 12.4. The number of ketones is 1. The fraction of sp³-hybridized carbons (Fsp3) is 0.0714. The molecule has 0 aromatic heterocycles. The van der Waals surface area contributed by atoms with Crippen molar-refractivity contribution in [2.24, 2.45) is 0 Å². The van der Waals surface area contributed by atoms with Gasteiger partial charge >= 0.3 is 0 Å². The molecule has 1 atom stereocenters. The average Bonchev–Trinajstić information content (AvgIpc) is 2.47. The van der Waals surface area contributed by atoms with Crippen LogP contribution in [-0.4, -0.2) is 10.9 Å². The van der Waals surface area contributed by atoms with Gasteiger partial charge in [0.2, 0.25) is 10.7 Å². The van der Waals surface area contributed by atoms with Crippen LogP contribution in [0.1, 0.15) is 15.9 Å². The minimum atomic E-state index is -1.66. The molecular formula is C14H12O2S2. The topological polar surface area (TPSA) is 37.3 Å². The van der Waals surface area contributed by atoms with Gasteiger partial charge in [-0.1, -0.05) is 60.7 Å². The van der Waals surface area contributed by atoms with Crippen LogP contribution in [-0.2, 0) is 4.93 Å². The Labute approximate surface area is 115 Å². The molecule has 0 saturated carbocycles. The highest BCUT2D eigenvalue weighted by Gasteiger charge is 2.38. The lowest BCUT2D eigenvalue weighted by Gasteiger charge is -2.24. The number of thiol groups is 1. The van der Waals surface area contributed by atoms with Crippen molar-refractivity contribution in [3.63, 3.8) is 0 Å². The molecule has 18 heavy (non-hydrogen) atoms. The Hall–Kier alpha value is -1.23. The van der Waals surface area contributed by atoms with Crippen LogP contribution < -0.4 is 0 Å². The Kier molecular flexibility index (Phi) is 4.11. The molecule has 0 spiro atoms. The summed E-state index contributed by atoms with van der Waals surface area (Å²) in [5, 5.41) is 10.6. The Morgan fingerprint density at radius 1 is 1.00 bits per heavy atom. The number of hydrogen-bond donors (Lipinski definition) is 2. The lowest BCUT2D eigenvalue weighted by molar-refractivity contribution is 0.0663. The van der Waals surface area contributed by atoms with Gasteiger partial charge in [-0.2, -0.15) is 0 Å². The minimum absolute atomic E-state index is 0.366. The van der Waals surface area contributed by atoms with Gasteiger partial charge in [-0.05, 0) is 10.8 Å². The molecule has 1 N–H and O–H groups in total. The molecule has 0 fully saturated rings. The van der Waals surface area contributed by atoms with Crippen LogP contribution in [0.3, 0.4) is 0 Å². The molecular weight excluding hydrogens is 264 g/mol. The van der Waals surface area contributed by atoms with E-state index in [1.807, 2.05) is 12.1 Å². The van der Waals surface area contributed by atoms with Crippen LogP contribution >= 0.6 is 22.5 Å². The highest BCUT2D eigenvalue weighted by atomic mass is 33.1. The Bertz CT molecular complexity index is 528. The molecule has 2 rings (SSSR count). The molecule has 2 nitrogen and oxygen atoms in total. The van der Waals surface area contributed by atoms with Gasteiger partial charge in [0, 0.05) is 11.1 Å². The molecule has 92 valence electrons. The van der Waals surface area contributed by atoms with E-state index in [-0.39, 0.29) is 5.78 Å². The molecule has 0 aliphatic rings. The molecule has 0 heterocycles. The molecule has 0 aliphatic carbocycles. The first kappa shape index (κ1) is 13.2. The average molecular weight is 276 g/mol. The summed E-state index contributed by atoms with van der Waals surface area (Å²) in [6.07, 6.45) is 0. The first-order valence-corrected chi connectivity index (χ1v) is 7.25. The second-order valence-corrected chi connectivity index (χ2v) is 5.12. The van der Waals surface area contributed by atoms with Crippen LogP contribution in [0.5, 0.6) is 0 Å². The number of Topliss-reactive ketones (excluding diaryl/α,β-unsaturated/α-hetero) is 1. The zero-order valence-corrected chi connectivity index (χ0v) is 11.2. The molecule has 0 bridgehead atoms. The van der Waals surface area contributed by atoms with Crippen molar-refractivity contribution in [3.8, 4) is 0 Å². The zero-order chi connectivity index (χ0) is 13.0. The maximum atomic E-state index is 12.4.